The van der Waals surface area contributed by atoms with E-state index < -0.39 is 12.8 Å². The molecular weight excluding hydrogens is 359 g/mol. The Balaban J connectivity index is 1.58. The molecule has 0 radical (unpaired) electrons. The van der Waals surface area contributed by atoms with Gasteiger partial charge in [-0.05, 0) is 36.8 Å². The van der Waals surface area contributed by atoms with E-state index in [0.29, 0.717) is 16.9 Å². The van der Waals surface area contributed by atoms with Gasteiger partial charge < -0.3 is 14.5 Å². The molecule has 3 aromatic rings. The van der Waals surface area contributed by atoms with Crippen LogP contribution in [0.2, 0.25) is 0 Å². The molecule has 0 bridgehead atoms. The summed E-state index contributed by atoms with van der Waals surface area (Å²) in [5.74, 6) is 0.340. The van der Waals surface area contributed by atoms with Gasteiger partial charge in [0.15, 0.2) is 0 Å². The third kappa shape index (κ3) is 5.10. The van der Waals surface area contributed by atoms with Crippen LogP contribution in [0.3, 0.4) is 0 Å². The highest BCUT2D eigenvalue weighted by atomic mass is 19.4. The van der Waals surface area contributed by atoms with Crippen molar-refractivity contribution in [2.75, 3.05) is 6.61 Å². The molecule has 0 aliphatic heterocycles. The van der Waals surface area contributed by atoms with Crippen molar-refractivity contribution in [2.45, 2.75) is 25.7 Å². The lowest BCUT2D eigenvalue weighted by atomic mass is 10.1. The summed E-state index contributed by atoms with van der Waals surface area (Å²) >= 11 is 0. The van der Waals surface area contributed by atoms with Crippen LogP contribution in [0, 0.1) is 0 Å². The minimum absolute atomic E-state index is 0.170. The summed E-state index contributed by atoms with van der Waals surface area (Å²) in [5, 5.41) is 3.80. The average molecular weight is 377 g/mol. The molecule has 142 valence electrons. The largest absolute Gasteiger partial charge is 0.459 e. The number of alkyl halides is 3. The van der Waals surface area contributed by atoms with Crippen LogP contribution in [-0.4, -0.2) is 18.7 Å². The molecule has 1 atom stereocenters. The topological polar surface area (TPSA) is 51.5 Å². The Bertz CT molecular complexity index is 883. The van der Waals surface area contributed by atoms with Crippen LogP contribution in [0.25, 0.3) is 11.0 Å². The summed E-state index contributed by atoms with van der Waals surface area (Å²) in [6.07, 6.45) is -4.35. The van der Waals surface area contributed by atoms with E-state index >= 15 is 0 Å². The van der Waals surface area contributed by atoms with Gasteiger partial charge in [-0.25, -0.2) is 0 Å². The van der Waals surface area contributed by atoms with E-state index in [0.717, 1.165) is 11.0 Å². The zero-order valence-electron chi connectivity index (χ0n) is 14.5. The number of furan rings is 1. The van der Waals surface area contributed by atoms with E-state index in [9.17, 15) is 18.0 Å². The van der Waals surface area contributed by atoms with E-state index in [1.807, 2.05) is 37.3 Å². The van der Waals surface area contributed by atoms with Gasteiger partial charge in [-0.15, -0.1) is 0 Å². The number of carbonyl (C=O) groups excluding carboxylic acids is 1. The van der Waals surface area contributed by atoms with Crippen LogP contribution in [0.5, 0.6) is 0 Å². The molecule has 27 heavy (non-hydrogen) atoms. The van der Waals surface area contributed by atoms with E-state index in [2.05, 4.69) is 10.1 Å². The summed E-state index contributed by atoms with van der Waals surface area (Å²) in [4.78, 5) is 12.4. The van der Waals surface area contributed by atoms with Crippen molar-refractivity contribution in [3.63, 3.8) is 0 Å². The first kappa shape index (κ1) is 19.0. The first-order valence-electron chi connectivity index (χ1n) is 8.34. The molecule has 1 unspecified atom stereocenters. The van der Waals surface area contributed by atoms with Gasteiger partial charge in [0.05, 0.1) is 12.6 Å². The molecule has 2 aromatic carbocycles. The Morgan fingerprint density at radius 1 is 1.15 bits per heavy atom. The number of halogens is 3. The van der Waals surface area contributed by atoms with Gasteiger partial charge in [-0.1, -0.05) is 30.3 Å². The second-order valence-corrected chi connectivity index (χ2v) is 6.19. The first-order chi connectivity index (χ1) is 12.8. The van der Waals surface area contributed by atoms with Crippen molar-refractivity contribution in [3.05, 3.63) is 71.5 Å². The van der Waals surface area contributed by atoms with Crippen molar-refractivity contribution < 1.29 is 27.1 Å². The van der Waals surface area contributed by atoms with Crippen molar-refractivity contribution in [1.29, 1.82) is 0 Å². The molecule has 0 spiro atoms. The SMILES string of the molecule is CC(NC(=O)c1ccc(COCC(F)(F)F)cc1)c1cc2ccccc2o1. The second kappa shape index (κ2) is 7.84. The van der Waals surface area contributed by atoms with Crippen LogP contribution in [-0.2, 0) is 11.3 Å². The molecule has 3 rings (SSSR count). The Hall–Kier alpha value is -2.80. The number of fused-ring (bicyclic) bond motifs is 1. The fraction of sp³-hybridized carbons (Fsp3) is 0.250. The van der Waals surface area contributed by atoms with Gasteiger partial charge in [-0.2, -0.15) is 13.2 Å². The number of rotatable bonds is 6. The van der Waals surface area contributed by atoms with Crippen molar-refractivity contribution in [2.24, 2.45) is 0 Å². The van der Waals surface area contributed by atoms with Gasteiger partial charge in [0.2, 0.25) is 0 Å². The molecule has 1 N–H and O–H groups in total. The minimum Gasteiger partial charge on any atom is -0.459 e. The summed E-state index contributed by atoms with van der Waals surface area (Å²) in [6, 6.07) is 15.3. The molecule has 1 heterocycles. The number of amides is 1. The maximum Gasteiger partial charge on any atom is 0.411 e. The fourth-order valence-electron chi connectivity index (χ4n) is 2.60. The molecule has 1 aromatic heterocycles. The lowest BCUT2D eigenvalue weighted by Gasteiger charge is -2.12. The predicted octanol–water partition coefficient (Wildman–Crippen LogP) is 5.00. The van der Waals surface area contributed by atoms with Crippen molar-refractivity contribution in [3.8, 4) is 0 Å². The van der Waals surface area contributed by atoms with Crippen LogP contribution >= 0.6 is 0 Å². The van der Waals surface area contributed by atoms with E-state index in [1.54, 1.807) is 24.3 Å². The number of hydrogen-bond acceptors (Lipinski definition) is 3. The van der Waals surface area contributed by atoms with Crippen LogP contribution < -0.4 is 5.32 Å². The standard InChI is InChI=1S/C20H18F3NO3/c1-13(18-10-16-4-2-3-5-17(16)27-18)24-19(25)15-8-6-14(7-9-15)11-26-12-20(21,22)23/h2-10,13H,11-12H2,1H3,(H,24,25). The number of ether oxygens (including phenoxy) is 1. The number of nitrogens with one attached hydrogen (secondary N) is 1. The number of hydrogen-bond donors (Lipinski definition) is 1. The summed E-state index contributed by atoms with van der Waals surface area (Å²) < 4.78 is 46.5. The molecular formula is C20H18F3NO3. The summed E-state index contributed by atoms with van der Waals surface area (Å²) in [5.41, 5.74) is 1.70. The van der Waals surface area contributed by atoms with Gasteiger partial charge >= 0.3 is 6.18 Å². The van der Waals surface area contributed by atoms with Gasteiger partial charge in [0.25, 0.3) is 5.91 Å². The van der Waals surface area contributed by atoms with Gasteiger partial charge in [0.1, 0.15) is 18.0 Å². The predicted molar refractivity (Wildman–Crippen MR) is 94.2 cm³/mol. The Kier molecular flexibility index (Phi) is 5.51. The molecule has 0 aliphatic rings. The van der Waals surface area contributed by atoms with Gasteiger partial charge in [-0.3, -0.25) is 4.79 Å². The summed E-state index contributed by atoms with van der Waals surface area (Å²) in [6.45, 7) is 0.343. The highest BCUT2D eigenvalue weighted by Gasteiger charge is 2.27. The second-order valence-electron chi connectivity index (χ2n) is 6.19. The maximum absolute atomic E-state index is 12.4. The molecule has 7 heteroatoms. The monoisotopic (exact) mass is 377 g/mol. The van der Waals surface area contributed by atoms with E-state index in [1.165, 1.54) is 0 Å². The number of carbonyl (C=O) groups is 1. The molecule has 0 aliphatic carbocycles. The molecule has 1 amide bonds. The number of para-hydroxylation sites is 1. The molecule has 0 saturated heterocycles. The molecule has 0 fully saturated rings. The zero-order valence-corrected chi connectivity index (χ0v) is 14.5. The van der Waals surface area contributed by atoms with Crippen molar-refractivity contribution in [1.82, 2.24) is 5.32 Å². The molecule has 4 nitrogen and oxygen atoms in total. The summed E-state index contributed by atoms with van der Waals surface area (Å²) in [7, 11) is 0. The van der Waals surface area contributed by atoms with Crippen LogP contribution in [0.15, 0.2) is 59.0 Å². The first-order valence-corrected chi connectivity index (χ1v) is 8.34. The lowest BCUT2D eigenvalue weighted by molar-refractivity contribution is -0.176. The Labute approximate surface area is 153 Å². The third-order valence-corrected chi connectivity index (χ3v) is 3.97. The maximum atomic E-state index is 12.4. The van der Waals surface area contributed by atoms with E-state index in [-0.39, 0.29) is 18.6 Å². The average Bonchev–Trinajstić information content (AvgIpc) is 3.05. The fourth-order valence-corrected chi connectivity index (χ4v) is 2.60. The smallest absolute Gasteiger partial charge is 0.411 e. The third-order valence-electron chi connectivity index (χ3n) is 3.97. The zero-order chi connectivity index (χ0) is 19.4. The normalized spacial score (nSPS) is 12.9. The number of benzene rings is 2. The van der Waals surface area contributed by atoms with Gasteiger partial charge in [0, 0.05) is 10.9 Å². The minimum atomic E-state index is -4.35. The highest BCUT2D eigenvalue weighted by molar-refractivity contribution is 5.94. The Morgan fingerprint density at radius 2 is 1.85 bits per heavy atom. The van der Waals surface area contributed by atoms with Crippen LogP contribution in [0.4, 0.5) is 13.2 Å². The van der Waals surface area contributed by atoms with E-state index in [4.69, 9.17) is 4.42 Å². The van der Waals surface area contributed by atoms with Crippen LogP contribution in [0.1, 0.15) is 34.6 Å². The van der Waals surface area contributed by atoms with Crippen molar-refractivity contribution >= 4 is 16.9 Å². The highest BCUT2D eigenvalue weighted by Crippen LogP contribution is 2.24. The Morgan fingerprint density at radius 3 is 2.52 bits per heavy atom. The lowest BCUT2D eigenvalue weighted by Crippen LogP contribution is -2.26. The quantitative estimate of drug-likeness (QED) is 0.658. The molecule has 0 saturated carbocycles.